The Kier molecular flexibility index (Phi) is 9.40. The maximum atomic E-state index is 12.8. The molecule has 0 bridgehead atoms. The molecule has 8 heteroatoms. The number of anilines is 1. The molecule has 0 spiro atoms. The van der Waals surface area contributed by atoms with Crippen LogP contribution in [-0.4, -0.2) is 25.6 Å². The standard InChI is InChI=1S/C32H27IN2O5/c1-4-39-29-17-21(15-24(18-34)31(36)35-25-13-11-23(12-14-25)32(37)38-3)16-28(33)30(29)40-19-27-20(2)9-10-22-7-5-6-8-26(22)27/h5-17H,4,19H2,1-3H3,(H,35,36)/b24-15+. The summed E-state index contributed by atoms with van der Waals surface area (Å²) >= 11 is 2.17. The third-order valence-electron chi connectivity index (χ3n) is 6.21. The molecule has 4 rings (SSSR count). The van der Waals surface area contributed by atoms with Crippen molar-refractivity contribution in [2.75, 3.05) is 19.0 Å². The fourth-order valence-corrected chi connectivity index (χ4v) is 4.96. The second kappa shape index (κ2) is 13.1. The number of halogens is 1. The van der Waals surface area contributed by atoms with Gasteiger partial charge in [0.2, 0.25) is 0 Å². The predicted molar refractivity (Wildman–Crippen MR) is 163 cm³/mol. The molecule has 0 aliphatic heterocycles. The Morgan fingerprint density at radius 2 is 1.77 bits per heavy atom. The second-order valence-corrected chi connectivity index (χ2v) is 9.99. The van der Waals surface area contributed by atoms with Gasteiger partial charge in [-0.05, 0) is 101 Å². The number of esters is 1. The SMILES string of the molecule is CCOc1cc(/C=C(\C#N)C(=O)Nc2ccc(C(=O)OC)cc2)cc(I)c1OCc1c(C)ccc2ccccc12. The molecule has 0 heterocycles. The van der Waals surface area contributed by atoms with Gasteiger partial charge in [0.25, 0.3) is 5.91 Å². The summed E-state index contributed by atoms with van der Waals surface area (Å²) in [4.78, 5) is 24.5. The molecular weight excluding hydrogens is 619 g/mol. The van der Waals surface area contributed by atoms with Gasteiger partial charge in [-0.2, -0.15) is 5.26 Å². The van der Waals surface area contributed by atoms with Crippen LogP contribution in [0.2, 0.25) is 0 Å². The summed E-state index contributed by atoms with van der Waals surface area (Å²) in [7, 11) is 1.30. The Labute approximate surface area is 246 Å². The number of ether oxygens (including phenoxy) is 3. The second-order valence-electron chi connectivity index (χ2n) is 8.83. The number of nitrogens with one attached hydrogen (secondary N) is 1. The molecule has 0 fully saturated rings. The van der Waals surface area contributed by atoms with Crippen molar-refractivity contribution in [2.24, 2.45) is 0 Å². The van der Waals surface area contributed by atoms with Gasteiger partial charge in [0.1, 0.15) is 18.2 Å². The number of methoxy groups -OCH3 is 1. The topological polar surface area (TPSA) is 97.7 Å². The van der Waals surface area contributed by atoms with E-state index in [-0.39, 0.29) is 5.57 Å². The van der Waals surface area contributed by atoms with E-state index < -0.39 is 11.9 Å². The molecule has 0 atom stereocenters. The molecule has 0 saturated heterocycles. The zero-order valence-electron chi connectivity index (χ0n) is 22.3. The molecule has 0 radical (unpaired) electrons. The van der Waals surface area contributed by atoms with E-state index >= 15 is 0 Å². The van der Waals surface area contributed by atoms with Gasteiger partial charge < -0.3 is 19.5 Å². The van der Waals surface area contributed by atoms with E-state index in [0.717, 1.165) is 25.5 Å². The Balaban J connectivity index is 1.57. The average molecular weight is 646 g/mol. The maximum absolute atomic E-state index is 12.8. The first kappa shape index (κ1) is 28.6. The van der Waals surface area contributed by atoms with Gasteiger partial charge in [0.15, 0.2) is 11.5 Å². The highest BCUT2D eigenvalue weighted by Crippen LogP contribution is 2.36. The minimum Gasteiger partial charge on any atom is -0.490 e. The van der Waals surface area contributed by atoms with Crippen molar-refractivity contribution in [3.63, 3.8) is 0 Å². The molecule has 40 heavy (non-hydrogen) atoms. The van der Waals surface area contributed by atoms with Gasteiger partial charge in [-0.25, -0.2) is 4.79 Å². The molecule has 1 amide bonds. The summed E-state index contributed by atoms with van der Waals surface area (Å²) in [5, 5.41) is 14.7. The van der Waals surface area contributed by atoms with E-state index in [2.05, 4.69) is 63.8 Å². The molecule has 0 aromatic heterocycles. The smallest absolute Gasteiger partial charge is 0.337 e. The highest BCUT2D eigenvalue weighted by atomic mass is 127. The van der Waals surface area contributed by atoms with Crippen molar-refractivity contribution in [3.05, 3.63) is 104 Å². The predicted octanol–water partition coefficient (Wildman–Crippen LogP) is 7.06. The van der Waals surface area contributed by atoms with Gasteiger partial charge >= 0.3 is 5.97 Å². The van der Waals surface area contributed by atoms with Crippen molar-refractivity contribution >= 4 is 57.0 Å². The first-order valence-electron chi connectivity index (χ1n) is 12.5. The minimum atomic E-state index is -0.576. The van der Waals surface area contributed by atoms with Crippen molar-refractivity contribution < 1.29 is 23.8 Å². The zero-order valence-corrected chi connectivity index (χ0v) is 24.4. The number of hydrogen-bond acceptors (Lipinski definition) is 6. The fraction of sp³-hybridized carbons (Fsp3) is 0.156. The van der Waals surface area contributed by atoms with Crippen molar-refractivity contribution in [3.8, 4) is 17.6 Å². The van der Waals surface area contributed by atoms with Crippen molar-refractivity contribution in [1.29, 1.82) is 5.26 Å². The number of carbonyl (C=O) groups is 2. The highest BCUT2D eigenvalue weighted by molar-refractivity contribution is 14.1. The average Bonchev–Trinajstić information content (AvgIpc) is 2.96. The number of benzene rings is 4. The van der Waals surface area contributed by atoms with Gasteiger partial charge in [-0.1, -0.05) is 36.4 Å². The van der Waals surface area contributed by atoms with Gasteiger partial charge in [-0.3, -0.25) is 4.79 Å². The molecule has 0 aliphatic rings. The lowest BCUT2D eigenvalue weighted by molar-refractivity contribution is -0.112. The van der Waals surface area contributed by atoms with Crippen LogP contribution in [0.3, 0.4) is 0 Å². The van der Waals surface area contributed by atoms with Gasteiger partial charge in [0.05, 0.1) is 22.9 Å². The largest absolute Gasteiger partial charge is 0.490 e. The molecule has 202 valence electrons. The number of hydrogen-bond donors (Lipinski definition) is 1. The van der Waals surface area contributed by atoms with E-state index in [1.165, 1.54) is 25.3 Å². The molecule has 0 saturated carbocycles. The van der Waals surface area contributed by atoms with Crippen LogP contribution in [0.5, 0.6) is 11.5 Å². The van der Waals surface area contributed by atoms with Crippen LogP contribution in [0.15, 0.2) is 78.4 Å². The zero-order chi connectivity index (χ0) is 28.6. The van der Waals surface area contributed by atoms with Crippen LogP contribution in [0.4, 0.5) is 5.69 Å². The highest BCUT2D eigenvalue weighted by Gasteiger charge is 2.16. The number of aryl methyl sites for hydroxylation is 1. The van der Waals surface area contributed by atoms with E-state index in [1.807, 2.05) is 31.2 Å². The molecule has 7 nitrogen and oxygen atoms in total. The third-order valence-corrected chi connectivity index (χ3v) is 7.01. The number of fused-ring (bicyclic) bond motifs is 1. The van der Waals surface area contributed by atoms with Gasteiger partial charge in [0, 0.05) is 11.3 Å². The summed E-state index contributed by atoms with van der Waals surface area (Å²) < 4.78 is 17.7. The lowest BCUT2D eigenvalue weighted by Gasteiger charge is -2.17. The van der Waals surface area contributed by atoms with Crippen LogP contribution in [0.25, 0.3) is 16.8 Å². The molecule has 4 aromatic carbocycles. The van der Waals surface area contributed by atoms with Gasteiger partial charge in [-0.15, -0.1) is 0 Å². The Morgan fingerprint density at radius 3 is 2.48 bits per heavy atom. The monoisotopic (exact) mass is 646 g/mol. The maximum Gasteiger partial charge on any atom is 0.337 e. The molecule has 1 N–H and O–H groups in total. The number of nitrogens with zero attached hydrogens (tertiary/aromatic N) is 1. The normalized spacial score (nSPS) is 11.0. The number of carbonyl (C=O) groups excluding carboxylic acids is 2. The van der Waals surface area contributed by atoms with Crippen LogP contribution >= 0.6 is 22.6 Å². The summed E-state index contributed by atoms with van der Waals surface area (Å²) in [6.45, 7) is 4.72. The first-order chi connectivity index (χ1) is 19.3. The van der Waals surface area contributed by atoms with Crippen LogP contribution in [-0.2, 0) is 16.1 Å². The summed E-state index contributed by atoms with van der Waals surface area (Å²) in [6.07, 6.45) is 1.50. The molecule has 4 aromatic rings. The third kappa shape index (κ3) is 6.61. The van der Waals surface area contributed by atoms with Crippen molar-refractivity contribution in [1.82, 2.24) is 0 Å². The number of amides is 1. The quantitative estimate of drug-likeness (QED) is 0.0905. The Bertz CT molecular complexity index is 1640. The van der Waals surface area contributed by atoms with Crippen molar-refractivity contribution in [2.45, 2.75) is 20.5 Å². The van der Waals surface area contributed by atoms with Crippen LogP contribution in [0, 0.1) is 21.8 Å². The summed E-state index contributed by atoms with van der Waals surface area (Å²) in [5.74, 6) is 0.0677. The first-order valence-corrected chi connectivity index (χ1v) is 13.6. The molecule has 0 unspecified atom stereocenters. The van der Waals surface area contributed by atoms with Crippen LogP contribution < -0.4 is 14.8 Å². The number of nitriles is 1. The lowest BCUT2D eigenvalue weighted by atomic mass is 10.0. The van der Waals surface area contributed by atoms with E-state index in [4.69, 9.17) is 9.47 Å². The van der Waals surface area contributed by atoms with E-state index in [9.17, 15) is 14.9 Å². The summed E-state index contributed by atoms with van der Waals surface area (Å²) in [5.41, 5.74) is 3.56. The Morgan fingerprint density at radius 1 is 1.02 bits per heavy atom. The number of rotatable bonds is 9. The van der Waals surface area contributed by atoms with E-state index in [0.29, 0.717) is 41.5 Å². The van der Waals surface area contributed by atoms with Crippen LogP contribution in [0.1, 0.15) is 34.0 Å². The summed E-state index contributed by atoms with van der Waals surface area (Å²) in [6, 6.07) is 24.2. The minimum absolute atomic E-state index is 0.0876. The fourth-order valence-electron chi connectivity index (χ4n) is 4.18. The lowest BCUT2D eigenvalue weighted by Crippen LogP contribution is -2.13. The molecular formula is C32H27IN2O5. The molecule has 0 aliphatic carbocycles. The van der Waals surface area contributed by atoms with E-state index in [1.54, 1.807) is 18.2 Å². The Hall–Kier alpha value is -4.36.